The molecule has 0 atom stereocenters. The highest BCUT2D eigenvalue weighted by Crippen LogP contribution is 2.28. The molecule has 0 spiro atoms. The highest BCUT2D eigenvalue weighted by atomic mass is 32.2. The van der Waals surface area contributed by atoms with Gasteiger partial charge in [-0.15, -0.1) is 0 Å². The molecule has 0 unspecified atom stereocenters. The van der Waals surface area contributed by atoms with E-state index in [4.69, 9.17) is 12.2 Å². The summed E-state index contributed by atoms with van der Waals surface area (Å²) in [6.07, 6.45) is 7.84. The summed E-state index contributed by atoms with van der Waals surface area (Å²) in [5.74, 6) is -0.121. The SMILES string of the molecule is Fc1ccc(NC(=S)NCCCSC2CCCCC2)c(F)c1. The van der Waals surface area contributed by atoms with Crippen LogP contribution >= 0.6 is 24.0 Å². The summed E-state index contributed by atoms with van der Waals surface area (Å²) >= 11 is 7.17. The van der Waals surface area contributed by atoms with Crippen molar-refractivity contribution in [1.82, 2.24) is 5.32 Å². The Bertz CT molecular complexity index is 491. The van der Waals surface area contributed by atoms with Crippen molar-refractivity contribution in [2.75, 3.05) is 17.6 Å². The summed E-state index contributed by atoms with van der Waals surface area (Å²) in [6.45, 7) is 0.758. The van der Waals surface area contributed by atoms with Crippen molar-refractivity contribution in [3.05, 3.63) is 29.8 Å². The number of benzene rings is 1. The lowest BCUT2D eigenvalue weighted by molar-refractivity contribution is 0.516. The number of nitrogens with one attached hydrogen (secondary N) is 2. The molecule has 1 saturated carbocycles. The third-order valence-corrected chi connectivity index (χ3v) is 5.41. The third kappa shape index (κ3) is 6.08. The quantitative estimate of drug-likeness (QED) is 0.577. The number of halogens is 2. The van der Waals surface area contributed by atoms with Crippen LogP contribution < -0.4 is 10.6 Å². The summed E-state index contributed by atoms with van der Waals surface area (Å²) in [5, 5.41) is 7.00. The second-order valence-corrected chi connectivity index (χ2v) is 7.31. The van der Waals surface area contributed by atoms with Gasteiger partial charge in [-0.3, -0.25) is 0 Å². The van der Waals surface area contributed by atoms with Gasteiger partial charge in [0.15, 0.2) is 5.11 Å². The normalized spacial score (nSPS) is 15.5. The first-order chi connectivity index (χ1) is 10.6. The van der Waals surface area contributed by atoms with Crippen LogP contribution in [0.25, 0.3) is 0 Å². The largest absolute Gasteiger partial charge is 0.362 e. The lowest BCUT2D eigenvalue weighted by atomic mass is 10.0. The minimum atomic E-state index is -0.642. The molecule has 122 valence electrons. The standard InChI is InChI=1S/C16H22F2N2S2/c17-12-7-8-15(14(18)11-12)20-16(21)19-9-4-10-22-13-5-2-1-3-6-13/h7-8,11,13H,1-6,9-10H2,(H2,19,20,21). The summed E-state index contributed by atoms with van der Waals surface area (Å²) in [6, 6.07) is 3.39. The molecule has 0 aromatic heterocycles. The van der Waals surface area contributed by atoms with E-state index < -0.39 is 11.6 Å². The first-order valence-corrected chi connectivity index (χ1v) is 9.22. The topological polar surface area (TPSA) is 24.1 Å². The Hall–Kier alpha value is -0.880. The maximum absolute atomic E-state index is 13.5. The molecular weight excluding hydrogens is 322 g/mol. The Morgan fingerprint density at radius 2 is 2.00 bits per heavy atom. The number of anilines is 1. The molecule has 1 aromatic rings. The van der Waals surface area contributed by atoms with Crippen molar-refractivity contribution >= 4 is 34.8 Å². The van der Waals surface area contributed by atoms with E-state index >= 15 is 0 Å². The highest BCUT2D eigenvalue weighted by Gasteiger charge is 2.13. The molecule has 1 aliphatic carbocycles. The van der Waals surface area contributed by atoms with E-state index in [0.717, 1.165) is 30.0 Å². The van der Waals surface area contributed by atoms with E-state index in [0.29, 0.717) is 5.11 Å². The van der Waals surface area contributed by atoms with E-state index in [9.17, 15) is 8.78 Å². The lowest BCUT2D eigenvalue weighted by Crippen LogP contribution is -2.30. The number of thioether (sulfide) groups is 1. The molecule has 2 N–H and O–H groups in total. The first kappa shape index (κ1) is 17.5. The molecule has 22 heavy (non-hydrogen) atoms. The fourth-order valence-corrected chi connectivity index (χ4v) is 4.04. The van der Waals surface area contributed by atoms with Crippen molar-refractivity contribution in [2.24, 2.45) is 0 Å². The Labute approximate surface area is 140 Å². The maximum atomic E-state index is 13.5. The van der Waals surface area contributed by atoms with Gasteiger partial charge in [-0.05, 0) is 49.4 Å². The number of thiocarbonyl (C=S) groups is 1. The number of hydrogen-bond donors (Lipinski definition) is 2. The second-order valence-electron chi connectivity index (χ2n) is 5.49. The molecule has 2 rings (SSSR count). The first-order valence-electron chi connectivity index (χ1n) is 7.76. The van der Waals surface area contributed by atoms with E-state index in [2.05, 4.69) is 22.4 Å². The van der Waals surface area contributed by atoms with Crippen LogP contribution in [0.1, 0.15) is 38.5 Å². The molecule has 1 aromatic carbocycles. The van der Waals surface area contributed by atoms with E-state index in [1.165, 1.54) is 44.2 Å². The molecule has 2 nitrogen and oxygen atoms in total. The fourth-order valence-electron chi connectivity index (χ4n) is 2.51. The summed E-state index contributed by atoms with van der Waals surface area (Å²) in [7, 11) is 0. The zero-order valence-electron chi connectivity index (χ0n) is 12.5. The predicted octanol–water partition coefficient (Wildman–Crippen LogP) is 4.71. The summed E-state index contributed by atoms with van der Waals surface area (Å²) < 4.78 is 26.3. The van der Waals surface area contributed by atoms with Crippen LogP contribution in [0.5, 0.6) is 0 Å². The zero-order valence-corrected chi connectivity index (χ0v) is 14.2. The van der Waals surface area contributed by atoms with Gasteiger partial charge in [-0.2, -0.15) is 11.8 Å². The van der Waals surface area contributed by atoms with Gasteiger partial charge < -0.3 is 10.6 Å². The van der Waals surface area contributed by atoms with Gasteiger partial charge in [0, 0.05) is 17.9 Å². The van der Waals surface area contributed by atoms with Gasteiger partial charge in [0.05, 0.1) is 5.69 Å². The predicted molar refractivity (Wildman–Crippen MR) is 94.5 cm³/mol. The van der Waals surface area contributed by atoms with Crippen LogP contribution in [0.3, 0.4) is 0 Å². The molecule has 1 fully saturated rings. The molecule has 0 saturated heterocycles. The molecule has 0 aliphatic heterocycles. The molecule has 6 heteroatoms. The molecular formula is C16H22F2N2S2. The van der Waals surface area contributed by atoms with Crippen LogP contribution in [0.15, 0.2) is 18.2 Å². The van der Waals surface area contributed by atoms with E-state index in [1.54, 1.807) is 0 Å². The lowest BCUT2D eigenvalue weighted by Gasteiger charge is -2.20. The zero-order chi connectivity index (χ0) is 15.8. The maximum Gasteiger partial charge on any atom is 0.170 e. The summed E-state index contributed by atoms with van der Waals surface area (Å²) in [5.41, 5.74) is 0.190. The molecule has 1 aliphatic rings. The van der Waals surface area contributed by atoms with Gasteiger partial charge in [-0.25, -0.2) is 8.78 Å². The monoisotopic (exact) mass is 344 g/mol. The molecule has 0 amide bonds. The Morgan fingerprint density at radius 1 is 1.23 bits per heavy atom. The highest BCUT2D eigenvalue weighted by molar-refractivity contribution is 7.99. The minimum absolute atomic E-state index is 0.190. The van der Waals surface area contributed by atoms with Gasteiger partial charge in [-0.1, -0.05) is 19.3 Å². The molecule has 0 bridgehead atoms. The fraction of sp³-hybridized carbons (Fsp3) is 0.562. The average Bonchev–Trinajstić information content (AvgIpc) is 2.51. The average molecular weight is 344 g/mol. The van der Waals surface area contributed by atoms with Crippen LogP contribution in [0, 0.1) is 11.6 Å². The van der Waals surface area contributed by atoms with Gasteiger partial charge in [0.25, 0.3) is 0 Å². The smallest absolute Gasteiger partial charge is 0.170 e. The van der Waals surface area contributed by atoms with Crippen LogP contribution in [0.2, 0.25) is 0 Å². The van der Waals surface area contributed by atoms with E-state index in [1.807, 2.05) is 0 Å². The van der Waals surface area contributed by atoms with Crippen LogP contribution in [-0.2, 0) is 0 Å². The van der Waals surface area contributed by atoms with Gasteiger partial charge in [0.1, 0.15) is 11.6 Å². The van der Waals surface area contributed by atoms with Crippen molar-refractivity contribution in [3.8, 4) is 0 Å². The minimum Gasteiger partial charge on any atom is -0.362 e. The van der Waals surface area contributed by atoms with E-state index in [-0.39, 0.29) is 5.69 Å². The van der Waals surface area contributed by atoms with Gasteiger partial charge in [0.2, 0.25) is 0 Å². The van der Waals surface area contributed by atoms with Crippen molar-refractivity contribution in [2.45, 2.75) is 43.8 Å². The summed E-state index contributed by atoms with van der Waals surface area (Å²) in [4.78, 5) is 0. The molecule has 0 radical (unpaired) electrons. The number of rotatable bonds is 6. The van der Waals surface area contributed by atoms with Crippen LogP contribution in [-0.4, -0.2) is 22.7 Å². The number of hydrogen-bond acceptors (Lipinski definition) is 2. The van der Waals surface area contributed by atoms with Crippen LogP contribution in [0.4, 0.5) is 14.5 Å². The Balaban J connectivity index is 1.59. The second kappa shape index (κ2) is 9.30. The Morgan fingerprint density at radius 3 is 2.73 bits per heavy atom. The third-order valence-electron chi connectivity index (χ3n) is 3.69. The van der Waals surface area contributed by atoms with Gasteiger partial charge >= 0.3 is 0 Å². The Kier molecular flexibility index (Phi) is 7.39. The van der Waals surface area contributed by atoms with Crippen molar-refractivity contribution in [3.63, 3.8) is 0 Å². The molecule has 0 heterocycles. The van der Waals surface area contributed by atoms with Crippen molar-refractivity contribution in [1.29, 1.82) is 0 Å². The van der Waals surface area contributed by atoms with Crippen molar-refractivity contribution < 1.29 is 8.78 Å².